The average Bonchev–Trinajstić information content (AvgIpc) is 2.08. The van der Waals surface area contributed by atoms with E-state index in [1.165, 1.54) is 0 Å². The molecule has 0 saturated carbocycles. The summed E-state index contributed by atoms with van der Waals surface area (Å²) < 4.78 is 0. The fraction of sp³-hybridized carbons (Fsp3) is 0.333. The van der Waals surface area contributed by atoms with Gasteiger partial charge in [-0.1, -0.05) is 18.5 Å². The molecule has 1 rings (SSSR count). The normalized spacial score (nSPS) is 12.5. The molecule has 1 aromatic heterocycles. The summed E-state index contributed by atoms with van der Waals surface area (Å²) in [5, 5.41) is 9.19. The summed E-state index contributed by atoms with van der Waals surface area (Å²) in [6.45, 7) is 1.63. The second kappa shape index (κ2) is 4.23. The van der Waals surface area contributed by atoms with Crippen molar-refractivity contribution in [3.05, 3.63) is 29.0 Å². The standard InChI is InChI=1S/C9H10ClNO2/c1-6(9(12)13)5-8-7(10)3-2-4-11-8/h2-4,6H,5H2,1H3,(H,12,13). The van der Waals surface area contributed by atoms with Crippen molar-refractivity contribution in [3.63, 3.8) is 0 Å². The quantitative estimate of drug-likeness (QED) is 0.810. The highest BCUT2D eigenvalue weighted by molar-refractivity contribution is 6.31. The van der Waals surface area contributed by atoms with Gasteiger partial charge in [0.1, 0.15) is 0 Å². The lowest BCUT2D eigenvalue weighted by Crippen LogP contribution is -2.13. The molecule has 0 fully saturated rings. The Morgan fingerprint density at radius 1 is 1.77 bits per heavy atom. The summed E-state index contributed by atoms with van der Waals surface area (Å²) in [4.78, 5) is 14.5. The number of carboxylic acid groups (broad SMARTS) is 1. The molecule has 1 unspecified atom stereocenters. The molecule has 0 aromatic carbocycles. The Morgan fingerprint density at radius 2 is 2.46 bits per heavy atom. The van der Waals surface area contributed by atoms with Crippen LogP contribution in [0.1, 0.15) is 12.6 Å². The summed E-state index contributed by atoms with van der Waals surface area (Å²) in [6, 6.07) is 3.43. The van der Waals surface area contributed by atoms with Crippen LogP contribution in [0.2, 0.25) is 5.02 Å². The fourth-order valence-electron chi connectivity index (χ4n) is 0.946. The molecule has 4 heteroatoms. The highest BCUT2D eigenvalue weighted by Gasteiger charge is 2.13. The van der Waals surface area contributed by atoms with Crippen LogP contribution >= 0.6 is 11.6 Å². The van der Waals surface area contributed by atoms with Crippen LogP contribution in [0.15, 0.2) is 18.3 Å². The first kappa shape index (κ1) is 9.99. The van der Waals surface area contributed by atoms with Crippen molar-refractivity contribution in [3.8, 4) is 0 Å². The summed E-state index contributed by atoms with van der Waals surface area (Å²) in [5.41, 5.74) is 0.638. The van der Waals surface area contributed by atoms with Crippen molar-refractivity contribution in [1.82, 2.24) is 4.98 Å². The molecule has 0 radical (unpaired) electrons. The van der Waals surface area contributed by atoms with Gasteiger partial charge in [0.15, 0.2) is 0 Å². The molecule has 1 atom stereocenters. The molecule has 0 saturated heterocycles. The highest BCUT2D eigenvalue weighted by Crippen LogP contribution is 2.16. The Morgan fingerprint density at radius 3 is 3.00 bits per heavy atom. The molecule has 1 heterocycles. The van der Waals surface area contributed by atoms with E-state index in [2.05, 4.69) is 4.98 Å². The third-order valence-electron chi connectivity index (χ3n) is 1.76. The summed E-state index contributed by atoms with van der Waals surface area (Å²) >= 11 is 5.82. The number of carbonyl (C=O) groups is 1. The van der Waals surface area contributed by atoms with Gasteiger partial charge in [0.25, 0.3) is 0 Å². The summed E-state index contributed by atoms with van der Waals surface area (Å²) in [6.07, 6.45) is 1.98. The molecule has 0 aliphatic rings. The van der Waals surface area contributed by atoms with Gasteiger partial charge in [0.2, 0.25) is 0 Å². The molecule has 0 bridgehead atoms. The van der Waals surface area contributed by atoms with Gasteiger partial charge < -0.3 is 5.11 Å². The van der Waals surface area contributed by atoms with Gasteiger partial charge in [-0.3, -0.25) is 9.78 Å². The van der Waals surface area contributed by atoms with Gasteiger partial charge in [0, 0.05) is 12.6 Å². The minimum absolute atomic E-state index is 0.370. The van der Waals surface area contributed by atoms with E-state index in [1.54, 1.807) is 25.3 Å². The second-order valence-corrected chi connectivity index (χ2v) is 3.28. The van der Waals surface area contributed by atoms with E-state index in [4.69, 9.17) is 16.7 Å². The van der Waals surface area contributed by atoms with Gasteiger partial charge in [-0.25, -0.2) is 0 Å². The zero-order chi connectivity index (χ0) is 9.84. The van der Waals surface area contributed by atoms with Crippen LogP contribution in [0.4, 0.5) is 0 Å². The molecule has 1 N–H and O–H groups in total. The van der Waals surface area contributed by atoms with Crippen LogP contribution in [0.25, 0.3) is 0 Å². The number of halogens is 1. The molecule has 0 aliphatic heterocycles. The van der Waals surface area contributed by atoms with Crippen LogP contribution in [-0.4, -0.2) is 16.1 Å². The third-order valence-corrected chi connectivity index (χ3v) is 2.10. The molecule has 0 amide bonds. The summed E-state index contributed by atoms with van der Waals surface area (Å²) in [5.74, 6) is -1.28. The first-order chi connectivity index (χ1) is 6.11. The molecular formula is C9H10ClNO2. The van der Waals surface area contributed by atoms with Crippen molar-refractivity contribution >= 4 is 17.6 Å². The van der Waals surface area contributed by atoms with Crippen LogP contribution in [-0.2, 0) is 11.2 Å². The Balaban J connectivity index is 2.74. The maximum Gasteiger partial charge on any atom is 0.306 e. The van der Waals surface area contributed by atoms with E-state index in [1.807, 2.05) is 0 Å². The van der Waals surface area contributed by atoms with Crippen LogP contribution < -0.4 is 0 Å². The van der Waals surface area contributed by atoms with Gasteiger partial charge in [0.05, 0.1) is 16.6 Å². The first-order valence-corrected chi connectivity index (χ1v) is 4.31. The molecule has 3 nitrogen and oxygen atoms in total. The largest absolute Gasteiger partial charge is 0.481 e. The topological polar surface area (TPSA) is 50.2 Å². The summed E-state index contributed by atoms with van der Waals surface area (Å²) in [7, 11) is 0. The predicted octanol–water partition coefficient (Wildman–Crippen LogP) is 2.00. The zero-order valence-corrected chi connectivity index (χ0v) is 7.95. The Bertz CT molecular complexity index is 314. The van der Waals surface area contributed by atoms with Crippen molar-refractivity contribution in [1.29, 1.82) is 0 Å². The van der Waals surface area contributed by atoms with Gasteiger partial charge in [-0.05, 0) is 12.1 Å². The second-order valence-electron chi connectivity index (χ2n) is 2.88. The van der Waals surface area contributed by atoms with Crippen LogP contribution in [0, 0.1) is 5.92 Å². The SMILES string of the molecule is CC(Cc1ncccc1Cl)C(=O)O. The van der Waals surface area contributed by atoms with E-state index < -0.39 is 11.9 Å². The van der Waals surface area contributed by atoms with E-state index in [-0.39, 0.29) is 0 Å². The fourth-order valence-corrected chi connectivity index (χ4v) is 1.14. The van der Waals surface area contributed by atoms with Crippen molar-refractivity contribution < 1.29 is 9.90 Å². The predicted molar refractivity (Wildman–Crippen MR) is 49.8 cm³/mol. The van der Waals surface area contributed by atoms with Crippen molar-refractivity contribution in [2.45, 2.75) is 13.3 Å². The Labute approximate surface area is 81.4 Å². The monoisotopic (exact) mass is 199 g/mol. The number of hydrogen-bond acceptors (Lipinski definition) is 2. The number of carboxylic acids is 1. The lowest BCUT2D eigenvalue weighted by molar-refractivity contribution is -0.141. The average molecular weight is 200 g/mol. The highest BCUT2D eigenvalue weighted by atomic mass is 35.5. The van der Waals surface area contributed by atoms with E-state index in [0.717, 1.165) is 0 Å². The van der Waals surface area contributed by atoms with Crippen molar-refractivity contribution in [2.75, 3.05) is 0 Å². The smallest absolute Gasteiger partial charge is 0.306 e. The molecular weight excluding hydrogens is 190 g/mol. The number of hydrogen-bond donors (Lipinski definition) is 1. The number of pyridine rings is 1. The maximum absolute atomic E-state index is 10.5. The number of rotatable bonds is 3. The minimum atomic E-state index is -0.832. The van der Waals surface area contributed by atoms with Gasteiger partial charge in [-0.15, -0.1) is 0 Å². The van der Waals surface area contributed by atoms with Crippen LogP contribution in [0.3, 0.4) is 0 Å². The number of aromatic nitrogens is 1. The molecule has 0 aliphatic carbocycles. The maximum atomic E-state index is 10.5. The van der Waals surface area contributed by atoms with E-state index >= 15 is 0 Å². The van der Waals surface area contributed by atoms with Crippen molar-refractivity contribution in [2.24, 2.45) is 5.92 Å². The first-order valence-electron chi connectivity index (χ1n) is 3.93. The molecule has 13 heavy (non-hydrogen) atoms. The van der Waals surface area contributed by atoms with Crippen LogP contribution in [0.5, 0.6) is 0 Å². The number of nitrogens with zero attached hydrogens (tertiary/aromatic N) is 1. The molecule has 0 spiro atoms. The minimum Gasteiger partial charge on any atom is -0.481 e. The van der Waals surface area contributed by atoms with E-state index in [0.29, 0.717) is 17.1 Å². The number of aliphatic carboxylic acids is 1. The molecule has 70 valence electrons. The third kappa shape index (κ3) is 2.70. The Kier molecular flexibility index (Phi) is 3.25. The lowest BCUT2D eigenvalue weighted by Gasteiger charge is -2.05. The lowest BCUT2D eigenvalue weighted by atomic mass is 10.1. The van der Waals surface area contributed by atoms with E-state index in [9.17, 15) is 4.79 Å². The molecule has 1 aromatic rings. The van der Waals surface area contributed by atoms with Gasteiger partial charge in [-0.2, -0.15) is 0 Å². The Hall–Kier alpha value is -1.09. The zero-order valence-electron chi connectivity index (χ0n) is 7.20. The van der Waals surface area contributed by atoms with Gasteiger partial charge >= 0.3 is 5.97 Å².